The van der Waals surface area contributed by atoms with Crippen LogP contribution in [0.3, 0.4) is 0 Å². The molecule has 0 aromatic rings. The summed E-state index contributed by atoms with van der Waals surface area (Å²) < 4.78 is 3.67. The smallest absolute Gasteiger partial charge is 0.128 e. The number of rotatable bonds is 11. The van der Waals surface area contributed by atoms with E-state index in [0.29, 0.717) is 0 Å². The number of nitrogens with zero attached hydrogens (tertiary/aromatic N) is 3. The molecule has 156 valence electrons. The summed E-state index contributed by atoms with van der Waals surface area (Å²) in [5.41, 5.74) is 0. The number of hydrogen-bond donors (Lipinski definition) is 0. The van der Waals surface area contributed by atoms with Crippen molar-refractivity contribution in [3.63, 3.8) is 0 Å². The fraction of sp³-hybridized carbons (Fsp3) is 1.00. The molecule has 0 unspecified atom stereocenters. The predicted octanol–water partition coefficient (Wildman–Crippen LogP) is 4.52. The Morgan fingerprint density at radius 3 is 1.23 bits per heavy atom. The SMILES string of the molecule is CCCCCCCCCCCC[N+]1(C)CC[N+](C)(C)CC[N+](C)(C)CC1. The molecule has 3 nitrogen and oxygen atoms in total. The number of hydrogen-bond acceptors (Lipinski definition) is 0. The van der Waals surface area contributed by atoms with Crippen LogP contribution in [-0.2, 0) is 0 Å². The average Bonchev–Trinajstić information content (AvgIpc) is 2.62. The van der Waals surface area contributed by atoms with Gasteiger partial charge in [-0.3, -0.25) is 0 Å². The van der Waals surface area contributed by atoms with Crippen LogP contribution in [-0.4, -0.2) is 94.5 Å². The Balaban J connectivity index is 2.26. The van der Waals surface area contributed by atoms with Crippen LogP contribution in [0.2, 0.25) is 0 Å². The molecule has 1 rings (SSSR count). The molecule has 3 heteroatoms. The largest absolute Gasteiger partial charge is 0.319 e. The van der Waals surface area contributed by atoms with Gasteiger partial charge in [0.1, 0.15) is 39.3 Å². The highest BCUT2D eigenvalue weighted by molar-refractivity contribution is 4.51. The average molecular weight is 371 g/mol. The van der Waals surface area contributed by atoms with Gasteiger partial charge in [0, 0.05) is 0 Å². The highest BCUT2D eigenvalue weighted by Gasteiger charge is 2.33. The van der Waals surface area contributed by atoms with Gasteiger partial charge in [-0.05, 0) is 12.8 Å². The molecule has 0 spiro atoms. The number of likely N-dealkylation sites (N-methyl/N-ethyl adjacent to an activating group) is 3. The van der Waals surface area contributed by atoms with E-state index in [0.717, 1.165) is 0 Å². The fourth-order valence-corrected chi connectivity index (χ4v) is 4.11. The van der Waals surface area contributed by atoms with E-state index >= 15 is 0 Å². The molecule has 1 saturated heterocycles. The van der Waals surface area contributed by atoms with Crippen molar-refractivity contribution in [2.24, 2.45) is 0 Å². The summed E-state index contributed by atoms with van der Waals surface area (Å²) >= 11 is 0. The standard InChI is InChI=1S/C23H52N3/c1-7-8-9-10-11-12-13-14-15-16-17-26(6)22-20-24(2,3)18-19-25(4,5)21-23-26/h7-23H2,1-6H3/q+3. The molecule has 0 saturated carbocycles. The molecule has 0 radical (unpaired) electrons. The first kappa shape index (κ1) is 23.9. The molecule has 0 aromatic heterocycles. The maximum atomic E-state index is 2.53. The lowest BCUT2D eigenvalue weighted by Gasteiger charge is -2.37. The molecule has 1 heterocycles. The topological polar surface area (TPSA) is 0 Å². The highest BCUT2D eigenvalue weighted by Crippen LogP contribution is 2.16. The molecule has 0 aliphatic carbocycles. The quantitative estimate of drug-likeness (QED) is 0.370. The van der Waals surface area contributed by atoms with Crippen LogP contribution in [0.1, 0.15) is 71.1 Å². The van der Waals surface area contributed by atoms with Crippen molar-refractivity contribution in [2.75, 3.05) is 81.1 Å². The van der Waals surface area contributed by atoms with E-state index in [-0.39, 0.29) is 0 Å². The second-order valence-electron chi connectivity index (χ2n) is 10.7. The molecule has 1 aliphatic rings. The molecular weight excluding hydrogens is 318 g/mol. The Kier molecular flexibility index (Phi) is 10.7. The van der Waals surface area contributed by atoms with Crippen LogP contribution in [0.25, 0.3) is 0 Å². The number of unbranched alkanes of at least 4 members (excludes halogenated alkanes) is 9. The molecule has 1 fully saturated rings. The van der Waals surface area contributed by atoms with Crippen LogP contribution in [0.15, 0.2) is 0 Å². The van der Waals surface area contributed by atoms with Crippen LogP contribution < -0.4 is 0 Å². The van der Waals surface area contributed by atoms with E-state index in [1.807, 2.05) is 0 Å². The maximum Gasteiger partial charge on any atom is 0.128 e. The normalized spacial score (nSPS) is 22.4. The van der Waals surface area contributed by atoms with Gasteiger partial charge in [0.05, 0.1) is 41.8 Å². The van der Waals surface area contributed by atoms with E-state index in [2.05, 4.69) is 42.2 Å². The van der Waals surface area contributed by atoms with Crippen molar-refractivity contribution in [3.8, 4) is 0 Å². The zero-order chi connectivity index (χ0) is 19.5. The second-order valence-corrected chi connectivity index (χ2v) is 10.7. The molecular formula is C23H52N3+3. The van der Waals surface area contributed by atoms with Crippen molar-refractivity contribution >= 4 is 0 Å². The van der Waals surface area contributed by atoms with Crippen LogP contribution in [0.5, 0.6) is 0 Å². The molecule has 0 atom stereocenters. The second kappa shape index (κ2) is 11.7. The molecule has 0 amide bonds. The maximum absolute atomic E-state index is 2.53. The minimum atomic E-state index is 1.19. The third-order valence-electron chi connectivity index (χ3n) is 6.85. The van der Waals surface area contributed by atoms with Gasteiger partial charge in [-0.15, -0.1) is 0 Å². The molecule has 1 aliphatic heterocycles. The minimum Gasteiger partial charge on any atom is -0.319 e. The van der Waals surface area contributed by atoms with Crippen LogP contribution in [0, 0.1) is 0 Å². The summed E-state index contributed by atoms with van der Waals surface area (Å²) in [6.07, 6.45) is 14.4. The molecule has 0 N–H and O–H groups in total. The van der Waals surface area contributed by atoms with Gasteiger partial charge in [-0.25, -0.2) is 0 Å². The monoisotopic (exact) mass is 370 g/mol. The van der Waals surface area contributed by atoms with Gasteiger partial charge < -0.3 is 13.4 Å². The lowest BCUT2D eigenvalue weighted by molar-refractivity contribution is -0.955. The highest BCUT2D eigenvalue weighted by atomic mass is 15.4. The van der Waals surface area contributed by atoms with Gasteiger partial charge in [0.2, 0.25) is 0 Å². The van der Waals surface area contributed by atoms with Gasteiger partial charge in [-0.2, -0.15) is 0 Å². The Labute approximate surface area is 166 Å². The first-order chi connectivity index (χ1) is 12.2. The third-order valence-corrected chi connectivity index (χ3v) is 6.85. The minimum absolute atomic E-state index is 1.19. The summed E-state index contributed by atoms with van der Waals surface area (Å²) in [6.45, 7) is 11.7. The predicted molar refractivity (Wildman–Crippen MR) is 116 cm³/mol. The molecule has 0 bridgehead atoms. The lowest BCUT2D eigenvalue weighted by Crippen LogP contribution is -2.54. The summed E-state index contributed by atoms with van der Waals surface area (Å²) in [5, 5.41) is 0. The summed E-state index contributed by atoms with van der Waals surface area (Å²) in [6, 6.07) is 0. The summed E-state index contributed by atoms with van der Waals surface area (Å²) in [5.74, 6) is 0. The van der Waals surface area contributed by atoms with E-state index in [9.17, 15) is 0 Å². The molecule has 0 aromatic carbocycles. The van der Waals surface area contributed by atoms with Crippen molar-refractivity contribution in [3.05, 3.63) is 0 Å². The first-order valence-electron chi connectivity index (χ1n) is 11.7. The zero-order valence-electron chi connectivity index (χ0n) is 19.4. The van der Waals surface area contributed by atoms with Gasteiger partial charge in [0.25, 0.3) is 0 Å². The van der Waals surface area contributed by atoms with Crippen molar-refractivity contribution in [1.29, 1.82) is 0 Å². The zero-order valence-corrected chi connectivity index (χ0v) is 19.4. The van der Waals surface area contributed by atoms with E-state index in [1.165, 1.54) is 123 Å². The molecule has 26 heavy (non-hydrogen) atoms. The fourth-order valence-electron chi connectivity index (χ4n) is 4.11. The van der Waals surface area contributed by atoms with Crippen molar-refractivity contribution in [2.45, 2.75) is 71.1 Å². The Hall–Kier alpha value is -0.120. The first-order valence-corrected chi connectivity index (χ1v) is 11.7. The lowest BCUT2D eigenvalue weighted by atomic mass is 10.1. The summed E-state index contributed by atoms with van der Waals surface area (Å²) in [4.78, 5) is 0. The van der Waals surface area contributed by atoms with Crippen LogP contribution >= 0.6 is 0 Å². The van der Waals surface area contributed by atoms with Crippen LogP contribution in [0.4, 0.5) is 0 Å². The van der Waals surface area contributed by atoms with Crippen molar-refractivity contribution < 1.29 is 13.4 Å². The Bertz CT molecular complexity index is 342. The van der Waals surface area contributed by atoms with E-state index in [4.69, 9.17) is 0 Å². The van der Waals surface area contributed by atoms with Crippen molar-refractivity contribution in [1.82, 2.24) is 0 Å². The Morgan fingerprint density at radius 1 is 0.462 bits per heavy atom. The van der Waals surface area contributed by atoms with E-state index < -0.39 is 0 Å². The van der Waals surface area contributed by atoms with Gasteiger partial charge in [-0.1, -0.05) is 58.3 Å². The number of quaternary nitrogens is 3. The third kappa shape index (κ3) is 10.9. The van der Waals surface area contributed by atoms with Gasteiger partial charge >= 0.3 is 0 Å². The Morgan fingerprint density at radius 2 is 0.808 bits per heavy atom. The van der Waals surface area contributed by atoms with Gasteiger partial charge in [0.15, 0.2) is 0 Å². The summed E-state index contributed by atoms with van der Waals surface area (Å²) in [7, 11) is 12.2. The van der Waals surface area contributed by atoms with E-state index in [1.54, 1.807) is 0 Å².